The lowest BCUT2D eigenvalue weighted by molar-refractivity contribution is 0.474. The highest BCUT2D eigenvalue weighted by atomic mass is 35.5. The van der Waals surface area contributed by atoms with Crippen molar-refractivity contribution in [2.45, 2.75) is 0 Å². The van der Waals surface area contributed by atoms with Crippen molar-refractivity contribution in [1.29, 1.82) is 0 Å². The Bertz CT molecular complexity index is 821. The molecule has 1 N–H and O–H groups in total. The van der Waals surface area contributed by atoms with Crippen LogP contribution in [0.4, 0.5) is 0 Å². The molecule has 3 rings (SSSR count). The minimum atomic E-state index is -0.161. The number of fused-ring (bicyclic) bond motifs is 1. The second-order valence-corrected chi connectivity index (χ2v) is 4.41. The summed E-state index contributed by atoms with van der Waals surface area (Å²) in [5.41, 5.74) is 1.32. The molecule has 0 spiro atoms. The van der Waals surface area contributed by atoms with Gasteiger partial charge in [0.2, 0.25) is 0 Å². The van der Waals surface area contributed by atoms with Crippen molar-refractivity contribution in [1.82, 2.24) is 0 Å². The van der Waals surface area contributed by atoms with Crippen molar-refractivity contribution in [3.63, 3.8) is 0 Å². The van der Waals surface area contributed by atoms with Crippen LogP contribution in [-0.4, -0.2) is 5.11 Å². The fourth-order valence-corrected chi connectivity index (χ4v) is 2.11. The predicted octanol–water partition coefficient (Wildman–Crippen LogP) is 3.70. The second-order valence-electron chi connectivity index (χ2n) is 4.26. The summed E-state index contributed by atoms with van der Waals surface area (Å²) < 4.78 is 9.96. The Hall–Kier alpha value is -2.46. The average Bonchev–Trinajstić information content (AvgIpc) is 2.48. The zero-order valence-electron chi connectivity index (χ0n) is 10.2. The van der Waals surface area contributed by atoms with Gasteiger partial charge in [0, 0.05) is 6.07 Å². The number of halogens is 1. The monoisotopic (exact) mass is 288 g/mol. The summed E-state index contributed by atoms with van der Waals surface area (Å²) in [6, 6.07) is 11.1. The van der Waals surface area contributed by atoms with E-state index in [0.29, 0.717) is 27.8 Å². The average molecular weight is 289 g/mol. The Morgan fingerprint density at radius 3 is 2.55 bits per heavy atom. The number of hydrogen-bond donors (Lipinski definition) is 1. The topological polar surface area (TPSA) is 59.7 Å². The van der Waals surface area contributed by atoms with Crippen LogP contribution in [0.5, 0.6) is 11.5 Å². The largest absolute Gasteiger partial charge is 0.508 e. The first kappa shape index (κ1) is 12.6. The molecule has 5 heteroatoms. The third-order valence-corrected chi connectivity index (χ3v) is 3.19. The van der Waals surface area contributed by atoms with Gasteiger partial charge in [-0.25, -0.2) is 0 Å². The van der Waals surface area contributed by atoms with Gasteiger partial charge < -0.3 is 13.8 Å². The van der Waals surface area contributed by atoms with Crippen LogP contribution in [0.2, 0.25) is 0 Å². The Kier molecular flexibility index (Phi) is 3.08. The molecule has 3 aromatic rings. The molecule has 20 heavy (non-hydrogen) atoms. The van der Waals surface area contributed by atoms with Crippen LogP contribution in [0.3, 0.4) is 0 Å². The van der Waals surface area contributed by atoms with Gasteiger partial charge in [-0.15, -0.1) is 0 Å². The summed E-state index contributed by atoms with van der Waals surface area (Å²) in [6.45, 7) is 0. The molecular formula is C15H9ClO4. The van der Waals surface area contributed by atoms with Crippen LogP contribution < -0.4 is 9.72 Å². The number of hydrogen-bond acceptors (Lipinski definition) is 4. The Balaban J connectivity index is 2.18. The van der Waals surface area contributed by atoms with Gasteiger partial charge in [0.25, 0.3) is 0 Å². The summed E-state index contributed by atoms with van der Waals surface area (Å²) >= 11 is 5.25. The summed E-state index contributed by atoms with van der Waals surface area (Å²) in [5.74, 6) is 0.544. The SMILES string of the molecule is O=c1c(-c2ccc(OCl)cc2)coc2cc(O)ccc12. The van der Waals surface area contributed by atoms with Gasteiger partial charge in [0.15, 0.2) is 5.43 Å². The lowest BCUT2D eigenvalue weighted by Gasteiger charge is -2.03. The van der Waals surface area contributed by atoms with Crippen LogP contribution in [0, 0.1) is 0 Å². The first-order valence-corrected chi connectivity index (χ1v) is 6.13. The molecule has 0 saturated carbocycles. The Morgan fingerprint density at radius 2 is 1.85 bits per heavy atom. The first-order valence-electron chi connectivity index (χ1n) is 5.82. The van der Waals surface area contributed by atoms with Crippen molar-refractivity contribution in [3.8, 4) is 22.6 Å². The highest BCUT2D eigenvalue weighted by molar-refractivity contribution is 6.09. The second kappa shape index (κ2) is 4.90. The summed E-state index contributed by atoms with van der Waals surface area (Å²) in [4.78, 5) is 12.4. The number of phenolic OH excluding ortho intramolecular Hbond substituents is 1. The predicted molar refractivity (Wildman–Crippen MR) is 76.1 cm³/mol. The van der Waals surface area contributed by atoms with Crippen LogP contribution in [-0.2, 0) is 0 Å². The fraction of sp³-hybridized carbons (Fsp3) is 0. The minimum Gasteiger partial charge on any atom is -0.508 e. The molecule has 0 bridgehead atoms. The maximum absolute atomic E-state index is 12.4. The zero-order valence-corrected chi connectivity index (χ0v) is 10.9. The van der Waals surface area contributed by atoms with E-state index in [9.17, 15) is 9.90 Å². The van der Waals surface area contributed by atoms with Gasteiger partial charge >= 0.3 is 0 Å². The van der Waals surface area contributed by atoms with Crippen molar-refractivity contribution >= 4 is 22.8 Å². The molecule has 0 atom stereocenters. The van der Waals surface area contributed by atoms with Gasteiger partial charge in [-0.3, -0.25) is 4.79 Å². The maximum Gasteiger partial charge on any atom is 0.200 e. The molecular weight excluding hydrogens is 280 g/mol. The number of rotatable bonds is 2. The highest BCUT2D eigenvalue weighted by Crippen LogP contribution is 2.24. The lowest BCUT2D eigenvalue weighted by atomic mass is 10.1. The number of benzene rings is 2. The molecule has 0 aliphatic heterocycles. The lowest BCUT2D eigenvalue weighted by Crippen LogP contribution is -2.04. The van der Waals surface area contributed by atoms with Gasteiger partial charge in [-0.05, 0) is 29.8 Å². The van der Waals surface area contributed by atoms with Crippen LogP contribution in [0.15, 0.2) is 57.9 Å². The van der Waals surface area contributed by atoms with Crippen molar-refractivity contribution in [2.75, 3.05) is 0 Å². The van der Waals surface area contributed by atoms with E-state index in [0.717, 1.165) is 0 Å². The molecule has 0 unspecified atom stereocenters. The molecule has 0 amide bonds. The maximum atomic E-state index is 12.4. The van der Waals surface area contributed by atoms with Crippen molar-refractivity contribution in [2.24, 2.45) is 0 Å². The number of aromatic hydroxyl groups is 1. The Labute approximate surface area is 119 Å². The highest BCUT2D eigenvalue weighted by Gasteiger charge is 2.09. The van der Waals surface area contributed by atoms with Crippen LogP contribution in [0.1, 0.15) is 0 Å². The quantitative estimate of drug-likeness (QED) is 0.781. The molecule has 4 nitrogen and oxygen atoms in total. The normalized spacial score (nSPS) is 10.7. The van der Waals surface area contributed by atoms with Crippen LogP contribution in [0.25, 0.3) is 22.1 Å². The van der Waals surface area contributed by atoms with Gasteiger partial charge in [-0.2, -0.15) is 0 Å². The molecule has 1 heterocycles. The summed E-state index contributed by atoms with van der Waals surface area (Å²) in [6.07, 6.45) is 1.38. The van der Waals surface area contributed by atoms with Gasteiger partial charge in [-0.1, -0.05) is 12.1 Å². The molecule has 1 aromatic heterocycles. The summed E-state index contributed by atoms with van der Waals surface area (Å²) in [5, 5.41) is 9.79. The fourth-order valence-electron chi connectivity index (χ4n) is 2.00. The standard InChI is InChI=1S/C15H9ClO4/c16-20-11-4-1-9(2-5-11)13-8-19-14-7-10(17)3-6-12(14)15(13)18/h1-8,17H. The van der Waals surface area contributed by atoms with E-state index < -0.39 is 0 Å². The van der Waals surface area contributed by atoms with E-state index in [1.54, 1.807) is 24.3 Å². The van der Waals surface area contributed by atoms with E-state index >= 15 is 0 Å². The van der Waals surface area contributed by atoms with E-state index in [1.165, 1.54) is 24.5 Å². The minimum absolute atomic E-state index is 0.0528. The third-order valence-electron chi connectivity index (χ3n) is 3.01. The van der Waals surface area contributed by atoms with Gasteiger partial charge in [0.05, 0.1) is 10.9 Å². The molecule has 0 aliphatic carbocycles. The van der Waals surface area contributed by atoms with E-state index in [4.69, 9.17) is 16.3 Å². The van der Waals surface area contributed by atoms with E-state index in [2.05, 4.69) is 4.29 Å². The van der Waals surface area contributed by atoms with Crippen molar-refractivity contribution in [3.05, 3.63) is 59.0 Å². The zero-order chi connectivity index (χ0) is 14.1. The molecule has 0 aliphatic rings. The van der Waals surface area contributed by atoms with Crippen molar-refractivity contribution < 1.29 is 13.8 Å². The molecule has 2 aromatic carbocycles. The van der Waals surface area contributed by atoms with Gasteiger partial charge in [0.1, 0.15) is 35.2 Å². The molecule has 0 radical (unpaired) electrons. The summed E-state index contributed by atoms with van der Waals surface area (Å²) in [7, 11) is 0. The number of phenols is 1. The Morgan fingerprint density at radius 1 is 1.10 bits per heavy atom. The van der Waals surface area contributed by atoms with E-state index in [1.807, 2.05) is 0 Å². The molecule has 0 saturated heterocycles. The van der Waals surface area contributed by atoms with E-state index in [-0.39, 0.29) is 11.2 Å². The molecule has 0 fully saturated rings. The molecule has 100 valence electrons. The smallest absolute Gasteiger partial charge is 0.200 e. The first-order chi connectivity index (χ1) is 9.69. The third kappa shape index (κ3) is 2.10. The van der Waals surface area contributed by atoms with Crippen LogP contribution >= 0.6 is 11.9 Å².